The van der Waals surface area contributed by atoms with Gasteiger partial charge in [0.05, 0.1) is 12.7 Å². The summed E-state index contributed by atoms with van der Waals surface area (Å²) in [7, 11) is 0. The predicted octanol–water partition coefficient (Wildman–Crippen LogP) is 4.30. The van der Waals surface area contributed by atoms with Crippen molar-refractivity contribution in [3.63, 3.8) is 0 Å². The van der Waals surface area contributed by atoms with Crippen LogP contribution in [-0.2, 0) is 18.9 Å². The Kier molecular flexibility index (Phi) is 11.8. The van der Waals surface area contributed by atoms with Gasteiger partial charge in [-0.1, -0.05) is 40.0 Å². The molecule has 0 aromatic heterocycles. The van der Waals surface area contributed by atoms with E-state index in [2.05, 4.69) is 20.8 Å². The van der Waals surface area contributed by atoms with E-state index < -0.39 is 18.4 Å². The molecule has 0 spiro atoms. The molecule has 0 unspecified atom stereocenters. The molecule has 0 saturated carbocycles. The van der Waals surface area contributed by atoms with Crippen LogP contribution >= 0.6 is 0 Å². The second-order valence-corrected chi connectivity index (χ2v) is 6.63. The maximum Gasteiger partial charge on any atom is 0.157 e. The molecule has 1 fully saturated rings. The number of rotatable bonds is 13. The van der Waals surface area contributed by atoms with Gasteiger partial charge in [0.2, 0.25) is 0 Å². The minimum atomic E-state index is -1.18. The first-order valence-corrected chi connectivity index (χ1v) is 9.76. The van der Waals surface area contributed by atoms with Crippen LogP contribution < -0.4 is 0 Å². The molecule has 0 aromatic carbocycles. The molecule has 1 aliphatic rings. The average Bonchev–Trinajstić information content (AvgIpc) is 2.57. The summed E-state index contributed by atoms with van der Waals surface area (Å²) in [6.45, 7) is 10.4. The van der Waals surface area contributed by atoms with Crippen LogP contribution in [0.5, 0.6) is 0 Å². The zero-order valence-corrected chi connectivity index (χ0v) is 16.0. The van der Waals surface area contributed by atoms with Gasteiger partial charge in [0.15, 0.2) is 6.17 Å². The number of ether oxygens (including phenoxy) is 4. The Morgan fingerprint density at radius 1 is 0.833 bits per heavy atom. The van der Waals surface area contributed by atoms with Gasteiger partial charge in [-0.15, -0.1) is 0 Å². The third-order valence-electron chi connectivity index (χ3n) is 4.39. The van der Waals surface area contributed by atoms with Gasteiger partial charge in [0, 0.05) is 19.8 Å². The number of hydrogen-bond acceptors (Lipinski definition) is 4. The van der Waals surface area contributed by atoms with Crippen molar-refractivity contribution in [2.75, 3.05) is 26.4 Å². The lowest BCUT2D eigenvalue weighted by atomic mass is 9.96. The molecule has 5 heteroatoms. The summed E-state index contributed by atoms with van der Waals surface area (Å²) in [5.74, 6) is 0. The monoisotopic (exact) mass is 348 g/mol. The first-order valence-electron chi connectivity index (χ1n) is 9.76. The lowest BCUT2D eigenvalue weighted by Crippen LogP contribution is -2.58. The van der Waals surface area contributed by atoms with Gasteiger partial charge < -0.3 is 18.9 Å². The summed E-state index contributed by atoms with van der Waals surface area (Å²) >= 11 is 0. The number of unbranched alkanes of at least 4 members (excludes halogenated alkanes) is 3. The highest BCUT2D eigenvalue weighted by atomic mass is 19.1. The van der Waals surface area contributed by atoms with Crippen molar-refractivity contribution in [3.05, 3.63) is 0 Å². The van der Waals surface area contributed by atoms with E-state index in [9.17, 15) is 0 Å². The fourth-order valence-electron chi connectivity index (χ4n) is 2.82. The minimum Gasteiger partial charge on any atom is -0.379 e. The number of halogens is 1. The Balaban J connectivity index is 2.61. The van der Waals surface area contributed by atoms with Crippen LogP contribution in [-0.4, -0.2) is 57.0 Å². The SMILES string of the molecule is CCCCOC[C@H]1O[C@@H](C)[C@H](OCCCC)[C@H](F)[C@@H]1OCCCC. The van der Waals surface area contributed by atoms with Crippen molar-refractivity contribution >= 4 is 0 Å². The van der Waals surface area contributed by atoms with E-state index in [4.69, 9.17) is 18.9 Å². The molecule has 1 aliphatic heterocycles. The molecule has 0 bridgehead atoms. The Morgan fingerprint density at radius 2 is 1.38 bits per heavy atom. The van der Waals surface area contributed by atoms with Crippen LogP contribution in [0.3, 0.4) is 0 Å². The van der Waals surface area contributed by atoms with Crippen molar-refractivity contribution in [2.45, 2.75) is 96.8 Å². The average molecular weight is 348 g/mol. The van der Waals surface area contributed by atoms with Gasteiger partial charge in [0.25, 0.3) is 0 Å². The van der Waals surface area contributed by atoms with E-state index in [0.29, 0.717) is 26.4 Å². The van der Waals surface area contributed by atoms with E-state index >= 15 is 4.39 Å². The van der Waals surface area contributed by atoms with Gasteiger partial charge in [-0.25, -0.2) is 4.39 Å². The smallest absolute Gasteiger partial charge is 0.157 e. The third-order valence-corrected chi connectivity index (χ3v) is 4.39. The maximum absolute atomic E-state index is 15.1. The Labute approximate surface area is 147 Å². The van der Waals surface area contributed by atoms with E-state index in [1.54, 1.807) is 0 Å². The highest BCUT2D eigenvalue weighted by Gasteiger charge is 2.46. The van der Waals surface area contributed by atoms with Gasteiger partial charge in [-0.3, -0.25) is 0 Å². The molecule has 1 heterocycles. The van der Waals surface area contributed by atoms with Crippen molar-refractivity contribution in [2.24, 2.45) is 0 Å². The molecule has 0 aromatic rings. The molecule has 24 heavy (non-hydrogen) atoms. The van der Waals surface area contributed by atoms with Crippen LogP contribution in [0.4, 0.5) is 4.39 Å². The molecular formula is C19H37FO4. The molecule has 1 saturated heterocycles. The topological polar surface area (TPSA) is 36.9 Å². The summed E-state index contributed by atoms with van der Waals surface area (Å²) in [5, 5.41) is 0. The van der Waals surface area contributed by atoms with E-state index in [1.165, 1.54) is 0 Å². The maximum atomic E-state index is 15.1. The third kappa shape index (κ3) is 7.34. The Morgan fingerprint density at radius 3 is 1.96 bits per heavy atom. The van der Waals surface area contributed by atoms with E-state index in [0.717, 1.165) is 38.5 Å². The normalized spacial score (nSPS) is 30.6. The van der Waals surface area contributed by atoms with Crippen LogP contribution in [0.2, 0.25) is 0 Å². The number of hydrogen-bond donors (Lipinski definition) is 0. The molecule has 0 radical (unpaired) electrons. The highest BCUT2D eigenvalue weighted by molar-refractivity contribution is 4.93. The fourth-order valence-corrected chi connectivity index (χ4v) is 2.82. The molecule has 0 N–H and O–H groups in total. The number of alkyl halides is 1. The molecule has 1 rings (SSSR count). The van der Waals surface area contributed by atoms with Crippen LogP contribution in [0.25, 0.3) is 0 Å². The molecule has 0 amide bonds. The fraction of sp³-hybridized carbons (Fsp3) is 1.00. The van der Waals surface area contributed by atoms with Crippen LogP contribution in [0.15, 0.2) is 0 Å². The minimum absolute atomic E-state index is 0.289. The van der Waals surface area contributed by atoms with Crippen LogP contribution in [0, 0.1) is 0 Å². The first-order chi connectivity index (χ1) is 11.7. The predicted molar refractivity (Wildman–Crippen MR) is 94.3 cm³/mol. The molecule has 0 aliphatic carbocycles. The zero-order valence-electron chi connectivity index (χ0n) is 16.0. The zero-order chi connectivity index (χ0) is 17.8. The summed E-state index contributed by atoms with van der Waals surface area (Å²) in [4.78, 5) is 0. The lowest BCUT2D eigenvalue weighted by molar-refractivity contribution is -0.235. The summed E-state index contributed by atoms with van der Waals surface area (Å²) in [6, 6.07) is 0. The summed E-state index contributed by atoms with van der Waals surface area (Å²) < 4.78 is 38.3. The van der Waals surface area contributed by atoms with Gasteiger partial charge >= 0.3 is 0 Å². The first kappa shape index (κ1) is 21.8. The second-order valence-electron chi connectivity index (χ2n) is 6.63. The summed E-state index contributed by atoms with van der Waals surface area (Å²) in [6.07, 6.45) is 2.99. The van der Waals surface area contributed by atoms with Crippen molar-refractivity contribution < 1.29 is 23.3 Å². The molecular weight excluding hydrogens is 311 g/mol. The second kappa shape index (κ2) is 13.0. The van der Waals surface area contributed by atoms with Crippen molar-refractivity contribution in [3.8, 4) is 0 Å². The van der Waals surface area contributed by atoms with Gasteiger partial charge in [0.1, 0.15) is 18.3 Å². The largest absolute Gasteiger partial charge is 0.379 e. The molecule has 5 atom stereocenters. The van der Waals surface area contributed by atoms with Crippen molar-refractivity contribution in [1.29, 1.82) is 0 Å². The standard InChI is InChI=1S/C19H37FO4/c1-5-8-11-21-14-16-19(23-13-10-7-3)17(20)18(15(4)24-16)22-12-9-6-2/h15-19H,5-14H2,1-4H3/t15-,16+,17-,18-,19+/m0/s1. The van der Waals surface area contributed by atoms with Crippen molar-refractivity contribution in [1.82, 2.24) is 0 Å². The quantitative estimate of drug-likeness (QED) is 0.465. The Hall–Kier alpha value is -0.230. The highest BCUT2D eigenvalue weighted by Crippen LogP contribution is 2.28. The van der Waals surface area contributed by atoms with E-state index in [1.807, 2.05) is 6.92 Å². The lowest BCUT2D eigenvalue weighted by Gasteiger charge is -2.42. The summed E-state index contributed by atoms with van der Waals surface area (Å²) in [5.41, 5.74) is 0. The van der Waals surface area contributed by atoms with Crippen LogP contribution in [0.1, 0.15) is 66.2 Å². The van der Waals surface area contributed by atoms with Gasteiger partial charge in [-0.05, 0) is 26.2 Å². The molecule has 144 valence electrons. The Bertz CT molecular complexity index is 301. The van der Waals surface area contributed by atoms with E-state index in [-0.39, 0.29) is 12.2 Å². The van der Waals surface area contributed by atoms with Gasteiger partial charge in [-0.2, -0.15) is 0 Å². The molecule has 4 nitrogen and oxygen atoms in total.